The second-order valence-corrected chi connectivity index (χ2v) is 12.2. The van der Waals surface area contributed by atoms with Crippen molar-refractivity contribution in [3.63, 3.8) is 0 Å². The Bertz CT molecular complexity index is 1340. The number of nitrogens with one attached hydrogen (secondary N) is 2. The maximum atomic E-state index is 15.2. The van der Waals surface area contributed by atoms with Crippen molar-refractivity contribution in [1.82, 2.24) is 20.0 Å². The normalized spacial score (nSPS) is 21.7. The first-order valence-corrected chi connectivity index (χ1v) is 14.7. The number of anilines is 1. The van der Waals surface area contributed by atoms with E-state index in [0.717, 1.165) is 36.6 Å². The van der Waals surface area contributed by atoms with Gasteiger partial charge in [0.1, 0.15) is 17.6 Å². The molecule has 3 unspecified atom stereocenters. The lowest BCUT2D eigenvalue weighted by molar-refractivity contribution is -0.221. The van der Waals surface area contributed by atoms with Gasteiger partial charge in [-0.1, -0.05) is 6.07 Å². The van der Waals surface area contributed by atoms with Crippen molar-refractivity contribution < 1.29 is 36.7 Å². The van der Waals surface area contributed by atoms with Crippen molar-refractivity contribution >= 4 is 23.4 Å². The Labute approximate surface area is 247 Å². The second-order valence-electron chi connectivity index (χ2n) is 12.2. The number of alkyl halides is 3. The van der Waals surface area contributed by atoms with Gasteiger partial charge >= 0.3 is 6.18 Å². The highest BCUT2D eigenvalue weighted by molar-refractivity contribution is 6.01. The topological polar surface area (TPSA) is 106 Å². The van der Waals surface area contributed by atoms with Crippen LogP contribution in [0.15, 0.2) is 30.5 Å². The van der Waals surface area contributed by atoms with Crippen LogP contribution in [0.3, 0.4) is 0 Å². The lowest BCUT2D eigenvalue weighted by Crippen LogP contribution is -2.58. The van der Waals surface area contributed by atoms with Crippen molar-refractivity contribution in [3.8, 4) is 0 Å². The number of halogens is 4. The third-order valence-electron chi connectivity index (χ3n) is 8.39. The first-order chi connectivity index (χ1) is 20.3. The van der Waals surface area contributed by atoms with Gasteiger partial charge in [0.2, 0.25) is 11.8 Å². The predicted octanol–water partition coefficient (Wildman–Crippen LogP) is 4.50. The third-order valence-corrected chi connectivity index (χ3v) is 8.39. The quantitative estimate of drug-likeness (QED) is 0.387. The summed E-state index contributed by atoms with van der Waals surface area (Å²) in [5, 5.41) is 9.72. The highest BCUT2D eigenvalue weighted by atomic mass is 19.4. The van der Waals surface area contributed by atoms with Gasteiger partial charge in [0.05, 0.1) is 24.8 Å². The molecule has 1 aromatic heterocycles. The highest BCUT2D eigenvalue weighted by Gasteiger charge is 2.49. The molecule has 2 saturated carbocycles. The first kappa shape index (κ1) is 31.0. The zero-order valence-electron chi connectivity index (χ0n) is 24.4. The number of carbonyl (C=O) groups is 3. The summed E-state index contributed by atoms with van der Waals surface area (Å²) < 4.78 is 62.4. The number of carbonyl (C=O) groups excluding carboxylic acids is 3. The highest BCUT2D eigenvalue weighted by Crippen LogP contribution is 2.51. The van der Waals surface area contributed by atoms with E-state index in [1.807, 2.05) is 13.8 Å². The van der Waals surface area contributed by atoms with E-state index in [1.165, 1.54) is 18.3 Å². The Balaban J connectivity index is 1.30. The summed E-state index contributed by atoms with van der Waals surface area (Å²) in [7, 11) is 0. The fourth-order valence-corrected chi connectivity index (χ4v) is 5.95. The van der Waals surface area contributed by atoms with Crippen LogP contribution in [-0.4, -0.2) is 69.9 Å². The van der Waals surface area contributed by atoms with E-state index in [1.54, 1.807) is 17.7 Å². The molecule has 0 spiro atoms. The molecule has 3 aliphatic rings. The minimum Gasteiger partial charge on any atom is -0.374 e. The maximum Gasteiger partial charge on any atom is 0.411 e. The van der Waals surface area contributed by atoms with Crippen LogP contribution in [0.4, 0.5) is 23.2 Å². The number of rotatable bonds is 10. The van der Waals surface area contributed by atoms with Gasteiger partial charge < -0.3 is 20.3 Å². The fraction of sp³-hybridized carbons (Fsp3) is 0.600. The molecular weight excluding hydrogens is 570 g/mol. The molecule has 2 aromatic rings. The predicted molar refractivity (Wildman–Crippen MR) is 149 cm³/mol. The van der Waals surface area contributed by atoms with Gasteiger partial charge in [-0.3, -0.25) is 19.1 Å². The smallest absolute Gasteiger partial charge is 0.374 e. The van der Waals surface area contributed by atoms with Crippen LogP contribution in [0.1, 0.15) is 68.5 Å². The van der Waals surface area contributed by atoms with Crippen LogP contribution in [-0.2, 0) is 20.7 Å². The number of morpholine rings is 1. The number of hydrogen-bond donors (Lipinski definition) is 2. The van der Waals surface area contributed by atoms with E-state index in [0.29, 0.717) is 17.5 Å². The molecule has 1 saturated heterocycles. The summed E-state index contributed by atoms with van der Waals surface area (Å²) >= 11 is 0. The van der Waals surface area contributed by atoms with Crippen LogP contribution in [0.25, 0.3) is 0 Å². The Kier molecular flexibility index (Phi) is 8.82. The van der Waals surface area contributed by atoms with Crippen LogP contribution in [0, 0.1) is 23.6 Å². The van der Waals surface area contributed by atoms with Gasteiger partial charge in [-0.2, -0.15) is 18.3 Å². The van der Waals surface area contributed by atoms with E-state index in [4.69, 9.17) is 4.74 Å². The molecule has 1 aliphatic heterocycles. The van der Waals surface area contributed by atoms with E-state index < -0.39 is 60.9 Å². The molecule has 234 valence electrons. The number of ether oxygens (including phenoxy) is 1. The van der Waals surface area contributed by atoms with E-state index in [-0.39, 0.29) is 29.8 Å². The van der Waals surface area contributed by atoms with Gasteiger partial charge in [0, 0.05) is 18.8 Å². The van der Waals surface area contributed by atoms with Gasteiger partial charge in [0.15, 0.2) is 6.04 Å². The maximum absolute atomic E-state index is 15.2. The van der Waals surface area contributed by atoms with Crippen LogP contribution in [0.2, 0.25) is 0 Å². The number of nitrogens with zero attached hydrogens (tertiary/aromatic N) is 3. The van der Waals surface area contributed by atoms with Crippen LogP contribution < -0.4 is 10.6 Å². The first-order valence-electron chi connectivity index (χ1n) is 14.7. The monoisotopic (exact) mass is 607 g/mol. The molecule has 2 heterocycles. The number of aromatic nitrogens is 2. The van der Waals surface area contributed by atoms with Gasteiger partial charge in [0.25, 0.3) is 5.91 Å². The molecule has 43 heavy (non-hydrogen) atoms. The van der Waals surface area contributed by atoms with Crippen LogP contribution >= 0.6 is 0 Å². The summed E-state index contributed by atoms with van der Waals surface area (Å²) in [6, 6.07) is 2.27. The molecule has 3 amide bonds. The third kappa shape index (κ3) is 7.19. The van der Waals surface area contributed by atoms with Gasteiger partial charge in [-0.15, -0.1) is 0 Å². The van der Waals surface area contributed by atoms with Crippen molar-refractivity contribution in [2.75, 3.05) is 18.5 Å². The molecule has 9 nitrogen and oxygen atoms in total. The Morgan fingerprint density at radius 2 is 1.77 bits per heavy atom. The van der Waals surface area contributed by atoms with E-state index in [2.05, 4.69) is 15.7 Å². The second kappa shape index (κ2) is 12.3. The SMILES string of the molecule is CC1CN(C(=O)Cc2ccc(NC(=O)C(NC(=O)c3ccnn3C(C)C)C(C3CC3)C3CC3)c(F)c2)C(C(F)(F)F)CO1. The average molecular weight is 608 g/mol. The van der Waals surface area contributed by atoms with Crippen molar-refractivity contribution in [3.05, 3.63) is 47.5 Å². The molecule has 13 heteroatoms. The van der Waals surface area contributed by atoms with Crippen molar-refractivity contribution in [2.45, 2.75) is 83.3 Å². The van der Waals surface area contributed by atoms with E-state index in [9.17, 15) is 27.6 Å². The fourth-order valence-electron chi connectivity index (χ4n) is 5.95. The molecular formula is C30H37F4N5O4. The summed E-state index contributed by atoms with van der Waals surface area (Å²) in [4.78, 5) is 40.5. The average Bonchev–Trinajstić information content (AvgIpc) is 3.88. The Morgan fingerprint density at radius 3 is 2.35 bits per heavy atom. The molecule has 3 fully saturated rings. The Morgan fingerprint density at radius 1 is 1.09 bits per heavy atom. The summed E-state index contributed by atoms with van der Waals surface area (Å²) in [6.07, 6.45) is -0.317. The molecule has 2 aliphatic carbocycles. The number of hydrogen-bond acceptors (Lipinski definition) is 5. The number of benzene rings is 1. The number of amides is 3. The standard InChI is InChI=1S/C30H37F4N5O4/c1-16(2)39-23(10-11-35-39)28(41)37-27(26(19-5-6-19)20-7-8-20)29(42)36-22-9-4-18(12-21(22)31)13-25(40)38-14-17(3)43-15-24(38)30(32,33)34/h4,9-12,16-17,19-20,24,26-27H,5-8,13-15H2,1-3H3,(H,36,42)(H,37,41). The largest absolute Gasteiger partial charge is 0.411 e. The lowest BCUT2D eigenvalue weighted by atomic mass is 9.88. The minimum absolute atomic E-state index is 0.0730. The molecule has 2 N–H and O–H groups in total. The molecule has 0 bridgehead atoms. The van der Waals surface area contributed by atoms with Gasteiger partial charge in [-0.25, -0.2) is 4.39 Å². The van der Waals surface area contributed by atoms with Crippen LogP contribution in [0.5, 0.6) is 0 Å². The zero-order chi connectivity index (χ0) is 31.1. The summed E-state index contributed by atoms with van der Waals surface area (Å²) in [5.41, 5.74) is 0.341. The zero-order valence-corrected chi connectivity index (χ0v) is 24.4. The lowest BCUT2D eigenvalue weighted by Gasteiger charge is -2.39. The Hall–Kier alpha value is -3.48. The summed E-state index contributed by atoms with van der Waals surface area (Å²) in [5.74, 6) is -2.13. The summed E-state index contributed by atoms with van der Waals surface area (Å²) in [6.45, 7) is 4.47. The van der Waals surface area contributed by atoms with E-state index >= 15 is 4.39 Å². The molecule has 1 aromatic carbocycles. The minimum atomic E-state index is -4.66. The molecule has 5 rings (SSSR count). The molecule has 3 atom stereocenters. The molecule has 0 radical (unpaired) electrons. The van der Waals surface area contributed by atoms with Crippen molar-refractivity contribution in [2.24, 2.45) is 17.8 Å². The van der Waals surface area contributed by atoms with Gasteiger partial charge in [-0.05, 0) is 88.0 Å². The van der Waals surface area contributed by atoms with Crippen molar-refractivity contribution in [1.29, 1.82) is 0 Å².